The van der Waals surface area contributed by atoms with Crippen molar-refractivity contribution < 1.29 is 9.53 Å². The highest BCUT2D eigenvalue weighted by Crippen LogP contribution is 2.28. The van der Waals surface area contributed by atoms with Gasteiger partial charge in [0.15, 0.2) is 0 Å². The monoisotopic (exact) mass is 214 g/mol. The Hall–Kier alpha value is -1.83. The molecule has 2 rings (SSSR count). The van der Waals surface area contributed by atoms with Gasteiger partial charge >= 0.3 is 0 Å². The Kier molecular flexibility index (Phi) is 3.20. The van der Waals surface area contributed by atoms with Gasteiger partial charge in [-0.25, -0.2) is 0 Å². The lowest BCUT2D eigenvalue weighted by atomic mass is 10.0. The largest absolute Gasteiger partial charge is 0.496 e. The van der Waals surface area contributed by atoms with Crippen LogP contribution in [0.25, 0.3) is 10.8 Å². The summed E-state index contributed by atoms with van der Waals surface area (Å²) in [6.45, 7) is 0. The molecule has 2 heteroatoms. The van der Waals surface area contributed by atoms with E-state index in [4.69, 9.17) is 4.74 Å². The first kappa shape index (κ1) is 10.7. The van der Waals surface area contributed by atoms with Crippen LogP contribution in [0.1, 0.15) is 12.0 Å². The zero-order chi connectivity index (χ0) is 11.4. The molecular weight excluding hydrogens is 200 g/mol. The van der Waals surface area contributed by atoms with Crippen molar-refractivity contribution in [2.24, 2.45) is 0 Å². The van der Waals surface area contributed by atoms with E-state index in [0.29, 0.717) is 6.42 Å². The molecule has 0 N–H and O–H groups in total. The van der Waals surface area contributed by atoms with Gasteiger partial charge in [0.25, 0.3) is 0 Å². The summed E-state index contributed by atoms with van der Waals surface area (Å²) >= 11 is 0. The van der Waals surface area contributed by atoms with Crippen molar-refractivity contribution in [3.05, 3.63) is 42.0 Å². The molecule has 0 unspecified atom stereocenters. The molecule has 0 amide bonds. The summed E-state index contributed by atoms with van der Waals surface area (Å²) in [7, 11) is 1.67. The summed E-state index contributed by atoms with van der Waals surface area (Å²) in [4.78, 5) is 10.4. The van der Waals surface area contributed by atoms with E-state index >= 15 is 0 Å². The summed E-state index contributed by atoms with van der Waals surface area (Å²) in [5.74, 6) is 0.880. The minimum absolute atomic E-state index is 0.566. The first-order chi connectivity index (χ1) is 7.86. The van der Waals surface area contributed by atoms with Crippen LogP contribution >= 0.6 is 0 Å². The number of rotatable bonds is 4. The molecule has 0 aliphatic carbocycles. The second-order valence-corrected chi connectivity index (χ2v) is 3.68. The van der Waals surface area contributed by atoms with Crippen LogP contribution in [0.2, 0.25) is 0 Å². The molecule has 2 nitrogen and oxygen atoms in total. The van der Waals surface area contributed by atoms with E-state index in [1.54, 1.807) is 7.11 Å². The van der Waals surface area contributed by atoms with Crippen LogP contribution < -0.4 is 4.74 Å². The summed E-state index contributed by atoms with van der Waals surface area (Å²) in [5.41, 5.74) is 1.20. The summed E-state index contributed by atoms with van der Waals surface area (Å²) in [6, 6.07) is 12.1. The minimum Gasteiger partial charge on any atom is -0.496 e. The molecule has 82 valence electrons. The van der Waals surface area contributed by atoms with Gasteiger partial charge in [0.05, 0.1) is 7.11 Å². The van der Waals surface area contributed by atoms with Crippen molar-refractivity contribution in [2.75, 3.05) is 7.11 Å². The fourth-order valence-electron chi connectivity index (χ4n) is 1.94. The normalized spacial score (nSPS) is 10.3. The number of methoxy groups -OCH3 is 1. The Bertz CT molecular complexity index is 503. The lowest BCUT2D eigenvalue weighted by Crippen LogP contribution is -1.91. The van der Waals surface area contributed by atoms with Crippen molar-refractivity contribution in [3.63, 3.8) is 0 Å². The molecule has 0 radical (unpaired) electrons. The quantitative estimate of drug-likeness (QED) is 0.731. The van der Waals surface area contributed by atoms with Gasteiger partial charge in [-0.15, -0.1) is 0 Å². The molecule has 0 heterocycles. The first-order valence-corrected chi connectivity index (χ1v) is 5.35. The Labute approximate surface area is 94.8 Å². The third-order valence-electron chi connectivity index (χ3n) is 2.73. The van der Waals surface area contributed by atoms with Gasteiger partial charge in [-0.05, 0) is 23.4 Å². The average molecular weight is 214 g/mol. The maximum Gasteiger partial charge on any atom is 0.126 e. The number of hydrogen-bond donors (Lipinski definition) is 0. The number of fused-ring (bicyclic) bond motifs is 1. The molecule has 2 aromatic rings. The summed E-state index contributed by atoms with van der Waals surface area (Å²) in [5, 5.41) is 2.28. The first-order valence-electron chi connectivity index (χ1n) is 5.35. The number of aryl methyl sites for hydroxylation is 1. The molecule has 0 spiro atoms. The number of ether oxygens (including phenoxy) is 1. The van der Waals surface area contributed by atoms with Gasteiger partial charge in [0, 0.05) is 11.8 Å². The maximum atomic E-state index is 10.4. The van der Waals surface area contributed by atoms with Crippen molar-refractivity contribution in [3.8, 4) is 5.75 Å². The van der Waals surface area contributed by atoms with Crippen LogP contribution in [-0.4, -0.2) is 13.4 Å². The molecule has 16 heavy (non-hydrogen) atoms. The summed E-state index contributed by atoms with van der Waals surface area (Å²) < 4.78 is 5.32. The zero-order valence-electron chi connectivity index (χ0n) is 9.27. The van der Waals surface area contributed by atoms with E-state index in [1.165, 1.54) is 10.9 Å². The highest BCUT2D eigenvalue weighted by molar-refractivity contribution is 5.91. The topological polar surface area (TPSA) is 26.3 Å². The number of carbonyl (C=O) groups is 1. The molecule has 0 saturated carbocycles. The van der Waals surface area contributed by atoms with E-state index in [-0.39, 0.29) is 0 Å². The Morgan fingerprint density at radius 2 is 1.88 bits per heavy atom. The lowest BCUT2D eigenvalue weighted by molar-refractivity contribution is -0.107. The minimum atomic E-state index is 0.566. The van der Waals surface area contributed by atoms with E-state index in [2.05, 4.69) is 6.07 Å². The molecule has 0 aromatic heterocycles. The van der Waals surface area contributed by atoms with E-state index in [1.807, 2.05) is 30.3 Å². The van der Waals surface area contributed by atoms with Crippen LogP contribution in [0.4, 0.5) is 0 Å². The van der Waals surface area contributed by atoms with Crippen LogP contribution in [-0.2, 0) is 11.2 Å². The average Bonchev–Trinajstić information content (AvgIpc) is 2.36. The summed E-state index contributed by atoms with van der Waals surface area (Å²) in [6.07, 6.45) is 2.31. The van der Waals surface area contributed by atoms with E-state index in [0.717, 1.165) is 23.8 Å². The van der Waals surface area contributed by atoms with Crippen molar-refractivity contribution in [1.29, 1.82) is 0 Å². The van der Waals surface area contributed by atoms with Gasteiger partial charge in [0.1, 0.15) is 12.0 Å². The molecule has 0 aliphatic rings. The number of benzene rings is 2. The Balaban J connectivity index is 2.55. The van der Waals surface area contributed by atoms with Crippen molar-refractivity contribution in [1.82, 2.24) is 0 Å². The predicted octanol–water partition coefficient (Wildman–Crippen LogP) is 2.98. The Morgan fingerprint density at radius 3 is 2.56 bits per heavy atom. The van der Waals surface area contributed by atoms with Crippen molar-refractivity contribution in [2.45, 2.75) is 12.8 Å². The molecule has 0 fully saturated rings. The third-order valence-corrected chi connectivity index (χ3v) is 2.73. The number of aldehydes is 1. The lowest BCUT2D eigenvalue weighted by Gasteiger charge is -2.09. The molecule has 0 bridgehead atoms. The SMILES string of the molecule is COc1ccc(CCC=O)c2ccccc12. The number of hydrogen-bond acceptors (Lipinski definition) is 2. The van der Waals surface area contributed by atoms with Gasteiger partial charge < -0.3 is 9.53 Å². The van der Waals surface area contributed by atoms with Crippen molar-refractivity contribution >= 4 is 17.1 Å². The molecule has 0 atom stereocenters. The van der Waals surface area contributed by atoms with Gasteiger partial charge in [0.2, 0.25) is 0 Å². The zero-order valence-corrected chi connectivity index (χ0v) is 9.27. The fourth-order valence-corrected chi connectivity index (χ4v) is 1.94. The van der Waals surface area contributed by atoms with Gasteiger partial charge in [-0.2, -0.15) is 0 Å². The second-order valence-electron chi connectivity index (χ2n) is 3.68. The Morgan fingerprint density at radius 1 is 1.12 bits per heavy atom. The molecule has 2 aromatic carbocycles. The molecule has 0 aliphatic heterocycles. The molecule has 0 saturated heterocycles. The highest BCUT2D eigenvalue weighted by Gasteiger charge is 2.05. The fraction of sp³-hybridized carbons (Fsp3) is 0.214. The van der Waals surface area contributed by atoms with Gasteiger partial charge in [-0.3, -0.25) is 0 Å². The highest BCUT2D eigenvalue weighted by atomic mass is 16.5. The van der Waals surface area contributed by atoms with Crippen LogP contribution in [0.15, 0.2) is 36.4 Å². The smallest absolute Gasteiger partial charge is 0.126 e. The second kappa shape index (κ2) is 4.79. The van der Waals surface area contributed by atoms with Gasteiger partial charge in [-0.1, -0.05) is 30.3 Å². The van der Waals surface area contributed by atoms with E-state index < -0.39 is 0 Å². The van der Waals surface area contributed by atoms with Crippen LogP contribution in [0.5, 0.6) is 5.75 Å². The number of carbonyl (C=O) groups excluding carboxylic acids is 1. The standard InChI is InChI=1S/C14H14O2/c1-16-14-9-8-11(5-4-10-15)12-6-2-3-7-13(12)14/h2-3,6-10H,4-5H2,1H3. The molecular formula is C14H14O2. The predicted molar refractivity (Wildman–Crippen MR) is 64.9 cm³/mol. The van der Waals surface area contributed by atoms with Crippen LogP contribution in [0, 0.1) is 0 Å². The third kappa shape index (κ3) is 1.91. The van der Waals surface area contributed by atoms with E-state index in [9.17, 15) is 4.79 Å². The maximum absolute atomic E-state index is 10.4. The van der Waals surface area contributed by atoms with Crippen LogP contribution in [0.3, 0.4) is 0 Å².